The highest BCUT2D eigenvalue weighted by Crippen LogP contribution is 2.24. The second kappa shape index (κ2) is 7.02. The van der Waals surface area contributed by atoms with Gasteiger partial charge in [-0.1, -0.05) is 22.0 Å². The molecule has 0 saturated heterocycles. The molecule has 0 atom stereocenters. The molecule has 0 heterocycles. The van der Waals surface area contributed by atoms with E-state index in [1.807, 2.05) is 0 Å². The number of rotatable bonds is 4. The molecule has 2 aromatic carbocycles. The molecular weight excluding hydrogens is 407 g/mol. The van der Waals surface area contributed by atoms with E-state index in [0.717, 1.165) is 10.0 Å². The van der Waals surface area contributed by atoms with E-state index in [-0.39, 0.29) is 18.3 Å². The van der Waals surface area contributed by atoms with Crippen molar-refractivity contribution in [1.82, 2.24) is 5.43 Å². The predicted molar refractivity (Wildman–Crippen MR) is 84.2 cm³/mol. The fourth-order valence-electron chi connectivity index (χ4n) is 1.62. The summed E-state index contributed by atoms with van der Waals surface area (Å²) in [4.78, 5) is 11.4. The highest BCUT2D eigenvalue weighted by Gasteiger charge is 2.08. The van der Waals surface area contributed by atoms with Crippen LogP contribution in [0.25, 0.3) is 0 Å². The highest BCUT2D eigenvalue weighted by molar-refractivity contribution is 9.10. The van der Waals surface area contributed by atoms with E-state index in [4.69, 9.17) is 10.6 Å². The first kappa shape index (κ1) is 15.9. The van der Waals surface area contributed by atoms with Crippen molar-refractivity contribution in [3.05, 3.63) is 62.3 Å². The van der Waals surface area contributed by atoms with Crippen LogP contribution < -0.4 is 16.0 Å². The molecule has 21 heavy (non-hydrogen) atoms. The van der Waals surface area contributed by atoms with Crippen molar-refractivity contribution in [1.29, 1.82) is 0 Å². The Balaban J connectivity index is 2.09. The Morgan fingerprint density at radius 3 is 2.57 bits per heavy atom. The molecule has 0 bridgehead atoms. The van der Waals surface area contributed by atoms with Gasteiger partial charge in [0.15, 0.2) is 0 Å². The Bertz CT molecular complexity index is 680. The molecule has 0 aliphatic heterocycles. The number of nitrogens with one attached hydrogen (secondary N) is 1. The van der Waals surface area contributed by atoms with Gasteiger partial charge in [-0.25, -0.2) is 10.2 Å². The first-order valence-electron chi connectivity index (χ1n) is 5.88. The summed E-state index contributed by atoms with van der Waals surface area (Å²) in [5.74, 6) is 4.90. The smallest absolute Gasteiger partial charge is 0.265 e. The van der Waals surface area contributed by atoms with Crippen LogP contribution in [0.4, 0.5) is 4.39 Å². The van der Waals surface area contributed by atoms with Crippen molar-refractivity contribution in [2.24, 2.45) is 5.84 Å². The Morgan fingerprint density at radius 1 is 1.19 bits per heavy atom. The number of hydrogen-bond acceptors (Lipinski definition) is 3. The second-order valence-electron chi connectivity index (χ2n) is 4.14. The fraction of sp³-hybridized carbons (Fsp3) is 0.0714. The van der Waals surface area contributed by atoms with Crippen LogP contribution >= 0.6 is 31.9 Å². The minimum atomic E-state index is -0.370. The molecule has 3 N–H and O–H groups in total. The molecule has 0 radical (unpaired) electrons. The molecule has 0 saturated carbocycles. The maximum Gasteiger partial charge on any atom is 0.265 e. The van der Waals surface area contributed by atoms with Gasteiger partial charge in [0.25, 0.3) is 5.91 Å². The Kier molecular flexibility index (Phi) is 5.33. The summed E-state index contributed by atoms with van der Waals surface area (Å²) in [5.41, 5.74) is 3.36. The van der Waals surface area contributed by atoms with Crippen molar-refractivity contribution in [2.45, 2.75) is 6.61 Å². The van der Waals surface area contributed by atoms with E-state index >= 15 is 0 Å². The van der Waals surface area contributed by atoms with Crippen molar-refractivity contribution in [2.75, 3.05) is 0 Å². The zero-order valence-corrected chi connectivity index (χ0v) is 13.9. The number of halogens is 3. The van der Waals surface area contributed by atoms with Gasteiger partial charge in [0.05, 0.1) is 4.47 Å². The molecule has 2 aromatic rings. The van der Waals surface area contributed by atoms with E-state index in [2.05, 4.69) is 37.3 Å². The van der Waals surface area contributed by atoms with Gasteiger partial charge in [0.1, 0.15) is 18.2 Å². The average Bonchev–Trinajstić information content (AvgIpc) is 2.48. The summed E-state index contributed by atoms with van der Waals surface area (Å²) in [6, 6.07) is 9.48. The van der Waals surface area contributed by atoms with Crippen LogP contribution in [0.2, 0.25) is 0 Å². The molecule has 0 unspecified atom stereocenters. The molecule has 2 rings (SSSR count). The van der Waals surface area contributed by atoms with Gasteiger partial charge in [-0.3, -0.25) is 10.2 Å². The van der Waals surface area contributed by atoms with Crippen LogP contribution in [0.1, 0.15) is 15.9 Å². The lowest BCUT2D eigenvalue weighted by atomic mass is 10.1. The van der Waals surface area contributed by atoms with E-state index in [0.29, 0.717) is 15.8 Å². The van der Waals surface area contributed by atoms with Crippen molar-refractivity contribution in [3.8, 4) is 5.75 Å². The van der Waals surface area contributed by atoms with Gasteiger partial charge in [-0.2, -0.15) is 0 Å². The van der Waals surface area contributed by atoms with E-state index < -0.39 is 0 Å². The Labute approximate surface area is 137 Å². The topological polar surface area (TPSA) is 64.3 Å². The highest BCUT2D eigenvalue weighted by atomic mass is 79.9. The number of amides is 1. The number of nitrogen functional groups attached to an aromatic ring is 1. The van der Waals surface area contributed by atoms with Gasteiger partial charge < -0.3 is 4.74 Å². The zero-order chi connectivity index (χ0) is 15.4. The maximum atomic E-state index is 13.1. The summed E-state index contributed by atoms with van der Waals surface area (Å²) < 4.78 is 19.8. The summed E-state index contributed by atoms with van der Waals surface area (Å²) in [6.07, 6.45) is 0. The molecule has 0 aliphatic rings. The number of carbonyl (C=O) groups excluding carboxylic acids is 1. The maximum absolute atomic E-state index is 13.1. The Hall–Kier alpha value is -1.44. The molecule has 1 amide bonds. The van der Waals surface area contributed by atoms with Crippen LogP contribution in [0.3, 0.4) is 0 Å². The first-order chi connectivity index (χ1) is 10.0. The van der Waals surface area contributed by atoms with Crippen LogP contribution in [-0.4, -0.2) is 5.91 Å². The van der Waals surface area contributed by atoms with Crippen LogP contribution in [0.5, 0.6) is 5.75 Å². The normalized spacial score (nSPS) is 10.3. The molecule has 7 heteroatoms. The fourth-order valence-corrected chi connectivity index (χ4v) is 2.47. The Morgan fingerprint density at radius 2 is 1.95 bits per heavy atom. The summed E-state index contributed by atoms with van der Waals surface area (Å²) >= 11 is 6.47. The third kappa shape index (κ3) is 4.03. The molecular formula is C14H11Br2FN2O2. The molecule has 110 valence electrons. The van der Waals surface area contributed by atoms with Gasteiger partial charge in [0.2, 0.25) is 0 Å². The van der Waals surface area contributed by atoms with Crippen molar-refractivity contribution in [3.63, 3.8) is 0 Å². The summed E-state index contributed by atoms with van der Waals surface area (Å²) in [5, 5.41) is 0. The number of hydrazine groups is 1. The predicted octanol–water partition coefficient (Wildman–Crippen LogP) is 3.53. The quantitative estimate of drug-likeness (QED) is 0.454. The lowest BCUT2D eigenvalue weighted by Gasteiger charge is -2.09. The van der Waals surface area contributed by atoms with Gasteiger partial charge in [-0.15, -0.1) is 0 Å². The van der Waals surface area contributed by atoms with Crippen molar-refractivity contribution < 1.29 is 13.9 Å². The van der Waals surface area contributed by atoms with Crippen LogP contribution in [0, 0.1) is 5.82 Å². The zero-order valence-electron chi connectivity index (χ0n) is 10.7. The lowest BCUT2D eigenvalue weighted by Crippen LogP contribution is -2.29. The van der Waals surface area contributed by atoms with Gasteiger partial charge in [-0.05, 0) is 46.3 Å². The largest absolute Gasteiger partial charge is 0.489 e. The molecule has 0 spiro atoms. The van der Waals surface area contributed by atoms with E-state index in [9.17, 15) is 9.18 Å². The number of benzene rings is 2. The second-order valence-corrected chi connectivity index (χ2v) is 5.85. The minimum absolute atomic E-state index is 0.281. The lowest BCUT2D eigenvalue weighted by molar-refractivity contribution is 0.0953. The summed E-state index contributed by atoms with van der Waals surface area (Å²) in [7, 11) is 0. The first-order valence-corrected chi connectivity index (χ1v) is 7.47. The molecule has 0 aromatic heterocycles. The third-order valence-electron chi connectivity index (χ3n) is 2.73. The molecule has 0 fully saturated rings. The van der Waals surface area contributed by atoms with Crippen LogP contribution in [-0.2, 0) is 6.61 Å². The van der Waals surface area contributed by atoms with Gasteiger partial charge in [0, 0.05) is 15.6 Å². The number of carbonyl (C=O) groups is 1. The SMILES string of the molecule is NNC(=O)c1ccc(COc2ccc(F)c(Br)c2)c(Br)c1. The summed E-state index contributed by atoms with van der Waals surface area (Å²) in [6.45, 7) is 0.281. The number of nitrogens with two attached hydrogens (primary N) is 1. The minimum Gasteiger partial charge on any atom is -0.489 e. The van der Waals surface area contributed by atoms with Crippen LogP contribution in [0.15, 0.2) is 45.3 Å². The number of hydrogen-bond donors (Lipinski definition) is 2. The molecule has 0 aliphatic carbocycles. The standard InChI is InChI=1S/C14H11Br2FN2O2/c15-11-5-8(14(20)19-18)1-2-9(11)7-21-10-3-4-13(17)12(16)6-10/h1-6H,7,18H2,(H,19,20). The van der Waals surface area contributed by atoms with Crippen molar-refractivity contribution >= 4 is 37.8 Å². The monoisotopic (exact) mass is 416 g/mol. The average molecular weight is 418 g/mol. The van der Waals surface area contributed by atoms with E-state index in [1.165, 1.54) is 6.07 Å². The molecule has 4 nitrogen and oxygen atoms in total. The number of ether oxygens (including phenoxy) is 1. The van der Waals surface area contributed by atoms with E-state index in [1.54, 1.807) is 30.3 Å². The van der Waals surface area contributed by atoms with Gasteiger partial charge >= 0.3 is 0 Å². The third-order valence-corrected chi connectivity index (χ3v) is 4.08.